The summed E-state index contributed by atoms with van der Waals surface area (Å²) in [6.45, 7) is 6.02. The number of hydrogen-bond donors (Lipinski definition) is 0. The first-order chi connectivity index (χ1) is 8.72. The van der Waals surface area contributed by atoms with Crippen LogP contribution >= 0.6 is 0 Å². The smallest absolute Gasteiger partial charge is 0.339 e. The van der Waals surface area contributed by atoms with E-state index >= 15 is 0 Å². The molecule has 1 aromatic heterocycles. The van der Waals surface area contributed by atoms with Crippen LogP contribution in [0.5, 0.6) is 0 Å². The SMILES string of the molecule is CC.COC(=O)c1cc(C)n(C2C=CCCC2)c1. The molecule has 1 aliphatic carbocycles. The molecule has 1 atom stereocenters. The Labute approximate surface area is 109 Å². The van der Waals surface area contributed by atoms with E-state index in [1.165, 1.54) is 20.0 Å². The Morgan fingerprint density at radius 2 is 2.17 bits per heavy atom. The number of ether oxygens (including phenoxy) is 1. The number of rotatable bonds is 2. The molecule has 0 fully saturated rings. The van der Waals surface area contributed by atoms with Crippen molar-refractivity contribution in [2.24, 2.45) is 0 Å². The van der Waals surface area contributed by atoms with Gasteiger partial charge >= 0.3 is 5.97 Å². The molecule has 1 unspecified atom stereocenters. The molecule has 0 aliphatic heterocycles. The second-order valence-electron chi connectivity index (χ2n) is 4.20. The number of methoxy groups -OCH3 is 1. The summed E-state index contributed by atoms with van der Waals surface area (Å²) in [5, 5.41) is 0. The van der Waals surface area contributed by atoms with Crippen molar-refractivity contribution >= 4 is 5.97 Å². The minimum Gasteiger partial charge on any atom is -0.465 e. The van der Waals surface area contributed by atoms with Gasteiger partial charge in [0.1, 0.15) is 0 Å². The molecule has 0 N–H and O–H groups in total. The molecular weight excluding hydrogens is 226 g/mol. The fourth-order valence-electron chi connectivity index (χ4n) is 2.20. The lowest BCUT2D eigenvalue weighted by molar-refractivity contribution is 0.0600. The normalized spacial score (nSPS) is 17.9. The number of carbonyl (C=O) groups is 1. The first-order valence-electron chi connectivity index (χ1n) is 6.66. The summed E-state index contributed by atoms with van der Waals surface area (Å²) in [7, 11) is 1.41. The van der Waals surface area contributed by atoms with Crippen LogP contribution in [0.25, 0.3) is 0 Å². The monoisotopic (exact) mass is 249 g/mol. The van der Waals surface area contributed by atoms with Gasteiger partial charge in [-0.1, -0.05) is 26.0 Å². The highest BCUT2D eigenvalue weighted by Crippen LogP contribution is 2.25. The lowest BCUT2D eigenvalue weighted by atomic mass is 10.0. The lowest BCUT2D eigenvalue weighted by Gasteiger charge is -2.19. The van der Waals surface area contributed by atoms with Gasteiger partial charge < -0.3 is 9.30 Å². The van der Waals surface area contributed by atoms with Gasteiger partial charge in [0.25, 0.3) is 0 Å². The van der Waals surface area contributed by atoms with Crippen LogP contribution in [0.1, 0.15) is 55.2 Å². The Hall–Kier alpha value is -1.51. The Morgan fingerprint density at radius 3 is 2.72 bits per heavy atom. The summed E-state index contributed by atoms with van der Waals surface area (Å²) >= 11 is 0. The van der Waals surface area contributed by atoms with Crippen LogP contribution in [0.3, 0.4) is 0 Å². The van der Waals surface area contributed by atoms with E-state index < -0.39 is 0 Å². The van der Waals surface area contributed by atoms with Gasteiger partial charge in [-0.15, -0.1) is 0 Å². The average Bonchev–Trinajstić information content (AvgIpc) is 2.83. The molecule has 1 aliphatic rings. The van der Waals surface area contributed by atoms with E-state index in [1.54, 1.807) is 0 Å². The molecule has 0 saturated heterocycles. The molecule has 0 aromatic carbocycles. The van der Waals surface area contributed by atoms with Crippen molar-refractivity contribution in [2.45, 2.75) is 46.1 Å². The maximum absolute atomic E-state index is 11.4. The second kappa shape index (κ2) is 7.04. The van der Waals surface area contributed by atoms with Crippen molar-refractivity contribution < 1.29 is 9.53 Å². The van der Waals surface area contributed by atoms with Crippen molar-refractivity contribution in [3.63, 3.8) is 0 Å². The third kappa shape index (κ3) is 3.25. The van der Waals surface area contributed by atoms with Crippen molar-refractivity contribution in [3.8, 4) is 0 Å². The first-order valence-corrected chi connectivity index (χ1v) is 6.66. The zero-order chi connectivity index (χ0) is 13.5. The van der Waals surface area contributed by atoms with E-state index in [0.29, 0.717) is 11.6 Å². The van der Waals surface area contributed by atoms with Crippen LogP contribution in [-0.2, 0) is 4.74 Å². The summed E-state index contributed by atoms with van der Waals surface area (Å²) in [5.74, 6) is -0.262. The molecule has 0 radical (unpaired) electrons. The summed E-state index contributed by atoms with van der Waals surface area (Å²) in [6, 6.07) is 2.28. The number of allylic oxidation sites excluding steroid dienone is 2. The maximum Gasteiger partial charge on any atom is 0.339 e. The van der Waals surface area contributed by atoms with Gasteiger partial charge in [-0.25, -0.2) is 4.79 Å². The van der Waals surface area contributed by atoms with Gasteiger partial charge in [-0.05, 0) is 32.3 Å². The molecular formula is C15H23NO2. The molecule has 100 valence electrons. The Bertz CT molecular complexity index is 418. The predicted octanol–water partition coefficient (Wildman–Crippen LogP) is 3.89. The largest absolute Gasteiger partial charge is 0.465 e. The minimum atomic E-state index is -0.262. The fraction of sp³-hybridized carbons (Fsp3) is 0.533. The third-order valence-corrected chi connectivity index (χ3v) is 3.06. The molecule has 1 heterocycles. The predicted molar refractivity (Wildman–Crippen MR) is 73.9 cm³/mol. The molecule has 18 heavy (non-hydrogen) atoms. The van der Waals surface area contributed by atoms with Crippen LogP contribution in [0.15, 0.2) is 24.4 Å². The van der Waals surface area contributed by atoms with Crippen molar-refractivity contribution in [1.29, 1.82) is 0 Å². The highest BCUT2D eigenvalue weighted by atomic mass is 16.5. The van der Waals surface area contributed by atoms with E-state index in [9.17, 15) is 4.79 Å². The van der Waals surface area contributed by atoms with Crippen LogP contribution < -0.4 is 0 Å². The molecule has 0 spiro atoms. The quantitative estimate of drug-likeness (QED) is 0.588. The molecule has 2 rings (SSSR count). The Morgan fingerprint density at radius 1 is 1.44 bits per heavy atom. The minimum absolute atomic E-state index is 0.262. The van der Waals surface area contributed by atoms with Gasteiger partial charge in [-0.2, -0.15) is 0 Å². The van der Waals surface area contributed by atoms with Crippen LogP contribution in [0, 0.1) is 6.92 Å². The van der Waals surface area contributed by atoms with E-state index in [0.717, 1.165) is 12.1 Å². The second-order valence-corrected chi connectivity index (χ2v) is 4.20. The van der Waals surface area contributed by atoms with Crippen LogP contribution in [-0.4, -0.2) is 17.6 Å². The number of hydrogen-bond acceptors (Lipinski definition) is 2. The zero-order valence-corrected chi connectivity index (χ0v) is 11.8. The summed E-state index contributed by atoms with van der Waals surface area (Å²) in [6.07, 6.45) is 9.85. The molecule has 0 bridgehead atoms. The highest BCUT2D eigenvalue weighted by Gasteiger charge is 2.16. The first kappa shape index (κ1) is 14.6. The fourth-order valence-corrected chi connectivity index (χ4v) is 2.20. The summed E-state index contributed by atoms with van der Waals surface area (Å²) in [5.41, 5.74) is 1.75. The van der Waals surface area contributed by atoms with Crippen LogP contribution in [0.2, 0.25) is 0 Å². The highest BCUT2D eigenvalue weighted by molar-refractivity contribution is 5.89. The zero-order valence-electron chi connectivity index (χ0n) is 11.8. The van der Waals surface area contributed by atoms with E-state index in [-0.39, 0.29) is 5.97 Å². The molecule has 0 amide bonds. The molecule has 1 aromatic rings. The van der Waals surface area contributed by atoms with Crippen molar-refractivity contribution in [2.75, 3.05) is 7.11 Å². The van der Waals surface area contributed by atoms with E-state index in [2.05, 4.69) is 16.7 Å². The standard InChI is InChI=1S/C13H17NO2.C2H6/c1-10-8-11(13(15)16-2)9-14(10)12-6-4-3-5-7-12;1-2/h4,6,8-9,12H,3,5,7H2,1-2H3;1-2H3. The average molecular weight is 249 g/mol. The number of carbonyl (C=O) groups excluding carboxylic acids is 1. The number of esters is 1. The van der Waals surface area contributed by atoms with Crippen LogP contribution in [0.4, 0.5) is 0 Å². The number of aryl methyl sites for hydroxylation is 1. The van der Waals surface area contributed by atoms with Crippen molar-refractivity contribution in [1.82, 2.24) is 4.57 Å². The Balaban J connectivity index is 0.000000771. The molecule has 0 saturated carbocycles. The lowest BCUT2D eigenvalue weighted by Crippen LogP contribution is -2.09. The van der Waals surface area contributed by atoms with Crippen molar-refractivity contribution in [3.05, 3.63) is 35.7 Å². The Kier molecular flexibility index (Phi) is 5.69. The van der Waals surface area contributed by atoms with E-state index in [1.807, 2.05) is 33.0 Å². The maximum atomic E-state index is 11.4. The van der Waals surface area contributed by atoms with Gasteiger partial charge in [0.15, 0.2) is 0 Å². The van der Waals surface area contributed by atoms with E-state index in [4.69, 9.17) is 4.74 Å². The summed E-state index contributed by atoms with van der Waals surface area (Å²) < 4.78 is 6.88. The van der Waals surface area contributed by atoms with Gasteiger partial charge in [0.2, 0.25) is 0 Å². The third-order valence-electron chi connectivity index (χ3n) is 3.06. The molecule has 3 heteroatoms. The summed E-state index contributed by atoms with van der Waals surface area (Å²) in [4.78, 5) is 11.4. The number of aromatic nitrogens is 1. The van der Waals surface area contributed by atoms with Gasteiger partial charge in [-0.3, -0.25) is 0 Å². The molecule has 3 nitrogen and oxygen atoms in total. The topological polar surface area (TPSA) is 31.2 Å². The number of nitrogens with zero attached hydrogens (tertiary/aromatic N) is 1. The van der Waals surface area contributed by atoms with Gasteiger partial charge in [0.05, 0.1) is 18.7 Å². The van der Waals surface area contributed by atoms with Gasteiger partial charge in [0, 0.05) is 11.9 Å².